The van der Waals surface area contributed by atoms with Crippen molar-refractivity contribution in [3.8, 4) is 0 Å². The molecule has 8 bridgehead atoms. The highest BCUT2D eigenvalue weighted by Crippen LogP contribution is 2.61. The number of hydrogen-bond acceptors (Lipinski definition) is 15. The fraction of sp³-hybridized carbons (Fsp3) is 0.688. The average molecular weight is 538 g/mol. The van der Waals surface area contributed by atoms with E-state index >= 15 is 0 Å². The van der Waals surface area contributed by atoms with Crippen LogP contribution in [0.3, 0.4) is 0 Å². The van der Waals surface area contributed by atoms with Gasteiger partial charge in [-0.15, -0.1) is 0 Å². The van der Waals surface area contributed by atoms with Gasteiger partial charge in [-0.25, -0.2) is 18.6 Å². The number of hydrogen-bond donors (Lipinski definition) is 5. The first-order valence-corrected chi connectivity index (χ1v) is 13.3. The van der Waals surface area contributed by atoms with Gasteiger partial charge >= 0.3 is 0 Å². The summed E-state index contributed by atoms with van der Waals surface area (Å²) >= 11 is 0. The van der Waals surface area contributed by atoms with Gasteiger partial charge in [-0.2, -0.15) is 0 Å². The quantitative estimate of drug-likeness (QED) is 0.154. The zero-order valence-corrected chi connectivity index (χ0v) is 19.5. The van der Waals surface area contributed by atoms with E-state index in [2.05, 4.69) is 23.3 Å². The Labute approximate surface area is 197 Å². The van der Waals surface area contributed by atoms with E-state index in [0.29, 0.717) is 0 Å². The van der Waals surface area contributed by atoms with Crippen LogP contribution in [0.25, 0.3) is 11.2 Å². The lowest BCUT2D eigenvalue weighted by molar-refractivity contribution is -0.755. The van der Waals surface area contributed by atoms with Gasteiger partial charge in [0, 0.05) is 5.92 Å². The van der Waals surface area contributed by atoms with Crippen LogP contribution < -0.4 is 29.9 Å². The van der Waals surface area contributed by atoms with Gasteiger partial charge in [0.1, 0.15) is 31.0 Å². The Morgan fingerprint density at radius 2 is 1.66 bits per heavy atom. The standard InChI is InChI=1S/C16H23N5O12P2/c17-14-9-15-19-5-21(14)16-13(25)12(24)8(32-16)3-31-35(28,29)33-34(26,27)30-2-6-1-7(11(23)10(6)22)20(15)4-18-9/h4-8,10-13,16-17,22-25H,1-3H2,(H2,26,27,28,29)/p-1/t6-,7-,8-,10-,11+,12-,13-,16-/m1/s1. The predicted molar refractivity (Wildman–Crippen MR) is 104 cm³/mol. The van der Waals surface area contributed by atoms with Crippen molar-refractivity contribution in [1.82, 2.24) is 14.5 Å². The van der Waals surface area contributed by atoms with Gasteiger partial charge in [0.2, 0.25) is 18.2 Å². The van der Waals surface area contributed by atoms with Crippen molar-refractivity contribution in [2.45, 2.75) is 49.2 Å². The maximum atomic E-state index is 12.1. The minimum absolute atomic E-state index is 0.00807. The minimum Gasteiger partial charge on any atom is -0.631 e. The van der Waals surface area contributed by atoms with Gasteiger partial charge in [0.05, 0.1) is 25.1 Å². The molecule has 35 heavy (non-hydrogen) atoms. The van der Waals surface area contributed by atoms with Crippen LogP contribution in [-0.4, -0.2) is 78.7 Å². The number of rotatable bonds is 0. The van der Waals surface area contributed by atoms with Gasteiger partial charge in [-0.3, -0.25) is 4.57 Å². The fourth-order valence-corrected chi connectivity index (χ4v) is 6.63. The molecule has 2 aromatic rings. The molecular formula is C16H22N5O12P2-. The van der Waals surface area contributed by atoms with E-state index < -0.39 is 78.3 Å². The summed E-state index contributed by atoms with van der Waals surface area (Å²) in [6, 6.07) is -0.814. The summed E-state index contributed by atoms with van der Waals surface area (Å²) in [6.45, 7) is -1.61. The number of nitrogens with zero attached hydrogens (tertiary/aromatic N) is 4. The number of aromatic nitrogens is 4. The molecule has 0 unspecified atom stereocenters. The Kier molecular flexibility index (Phi) is 6.48. The topological polar surface area (TPSA) is 271 Å². The van der Waals surface area contributed by atoms with Crippen LogP contribution in [0.15, 0.2) is 12.7 Å². The third-order valence-electron chi connectivity index (χ3n) is 6.38. The lowest BCUT2D eigenvalue weighted by atomic mass is 10.1. The van der Waals surface area contributed by atoms with Crippen molar-refractivity contribution in [1.29, 1.82) is 0 Å². The highest BCUT2D eigenvalue weighted by Gasteiger charge is 2.49. The molecule has 0 radical (unpaired) electrons. The molecule has 17 nitrogen and oxygen atoms in total. The van der Waals surface area contributed by atoms with Crippen molar-refractivity contribution >= 4 is 33.3 Å². The molecule has 1 saturated carbocycles. The molecule has 1 aliphatic carbocycles. The summed E-state index contributed by atoms with van der Waals surface area (Å²) in [5, 5.41) is 41.8. The van der Waals surface area contributed by atoms with E-state index in [-0.39, 0.29) is 23.4 Å². The van der Waals surface area contributed by atoms with Crippen molar-refractivity contribution in [2.75, 3.05) is 18.9 Å². The molecule has 0 amide bonds. The molecule has 4 aliphatic rings. The third-order valence-corrected chi connectivity index (χ3v) is 8.91. The Hall–Kier alpha value is -1.27. The average Bonchev–Trinajstić information content (AvgIpc) is 3.41. The lowest BCUT2D eigenvalue weighted by Gasteiger charge is -2.38. The molecule has 19 heteroatoms. The van der Waals surface area contributed by atoms with Crippen LogP contribution in [0.5, 0.6) is 0 Å². The molecule has 2 fully saturated rings. The second-order valence-corrected chi connectivity index (χ2v) is 11.5. The largest absolute Gasteiger partial charge is 0.631 e. The van der Waals surface area contributed by atoms with Crippen LogP contribution in [0.2, 0.25) is 0 Å². The Morgan fingerprint density at radius 1 is 0.971 bits per heavy atom. The van der Waals surface area contributed by atoms with Crippen molar-refractivity contribution in [3.05, 3.63) is 12.7 Å². The first kappa shape index (κ1) is 25.4. The van der Waals surface area contributed by atoms with Gasteiger partial charge in [0.15, 0.2) is 5.52 Å². The zero-order valence-electron chi connectivity index (χ0n) is 17.7. The number of aliphatic hydroxyl groups is 4. The first-order chi connectivity index (χ1) is 16.4. The van der Waals surface area contributed by atoms with E-state index in [1.165, 1.54) is 21.8 Å². The Morgan fingerprint density at radius 3 is 2.37 bits per heavy atom. The molecule has 5 heterocycles. The number of nitrogen functional groups attached to an aromatic ring is 1. The maximum Gasteiger partial charge on any atom is 0.253 e. The zero-order chi connectivity index (χ0) is 25.3. The second-order valence-electron chi connectivity index (χ2n) is 8.52. The second kappa shape index (κ2) is 8.93. The molecule has 6 rings (SSSR count). The molecule has 0 aromatic carbocycles. The van der Waals surface area contributed by atoms with Gasteiger partial charge in [0.25, 0.3) is 22.2 Å². The van der Waals surface area contributed by atoms with Crippen LogP contribution in [0.1, 0.15) is 18.7 Å². The van der Waals surface area contributed by atoms with E-state index in [9.17, 15) is 40.0 Å². The lowest BCUT2D eigenvalue weighted by Crippen LogP contribution is -2.48. The normalized spacial score (nSPS) is 39.2. The highest BCUT2D eigenvalue weighted by atomic mass is 31.3. The van der Waals surface area contributed by atoms with Gasteiger partial charge in [-0.1, -0.05) is 9.29 Å². The number of ether oxygens (including phenoxy) is 1. The highest BCUT2D eigenvalue weighted by molar-refractivity contribution is 7.65. The molecule has 6 N–H and O–H groups in total. The summed E-state index contributed by atoms with van der Waals surface area (Å²) in [5.74, 6) is -0.949. The molecular weight excluding hydrogens is 516 g/mol. The summed E-state index contributed by atoms with van der Waals surface area (Å²) in [7, 11) is -11.0. The van der Waals surface area contributed by atoms with E-state index in [4.69, 9.17) is 10.5 Å². The molecule has 8 atom stereocenters. The van der Waals surface area contributed by atoms with Crippen LogP contribution in [-0.2, 0) is 18.1 Å². The van der Waals surface area contributed by atoms with Gasteiger partial charge < -0.3 is 50.5 Å². The van der Waals surface area contributed by atoms with Crippen molar-refractivity contribution < 1.29 is 62.7 Å². The van der Waals surface area contributed by atoms with Crippen LogP contribution in [0.4, 0.5) is 5.82 Å². The number of nitrogens with two attached hydrogens (primary N) is 1. The maximum absolute atomic E-state index is 12.1. The van der Waals surface area contributed by atoms with Crippen molar-refractivity contribution in [2.24, 2.45) is 5.92 Å². The summed E-state index contributed by atoms with van der Waals surface area (Å²) in [6.07, 6.45) is -6.28. The number of phosphoric ester groups is 2. The van der Waals surface area contributed by atoms with Crippen LogP contribution in [0, 0.1) is 5.92 Å². The number of fused-ring (bicyclic) bond motifs is 7. The third kappa shape index (κ3) is 4.52. The monoisotopic (exact) mass is 538 g/mol. The molecule has 194 valence electrons. The predicted octanol–water partition coefficient (Wildman–Crippen LogP) is -5.94. The molecule has 3 aliphatic heterocycles. The number of aliphatic hydroxyl groups excluding tert-OH is 4. The number of anilines is 1. The van der Waals surface area contributed by atoms with Gasteiger partial charge in [-0.05, 0) is 6.42 Å². The summed E-state index contributed by atoms with van der Waals surface area (Å²) in [4.78, 5) is 56.7. The number of phosphoric acid groups is 2. The van der Waals surface area contributed by atoms with E-state index in [1.807, 2.05) is 0 Å². The van der Waals surface area contributed by atoms with E-state index in [1.54, 1.807) is 0 Å². The molecule has 1 saturated heterocycles. The minimum atomic E-state index is -5.52. The Bertz CT molecular complexity index is 1110. The van der Waals surface area contributed by atoms with E-state index in [0.717, 1.165) is 0 Å². The SMILES string of the molecule is Nc1c2ncn3c2nc[n+]1[C@@H]1O[C@H](CO[P+]([O-])([O-])O[P+]([O-])([O-])OC[C@H]2C[C@@H]3[C@H](O)[C@@H]2O)[C@@H](O)[C@H]1O. The summed E-state index contributed by atoms with van der Waals surface area (Å²) in [5.41, 5.74) is 6.59. The molecule has 0 spiro atoms. The smallest absolute Gasteiger partial charge is 0.253 e. The molecule has 2 aromatic heterocycles. The Balaban J connectivity index is 1.56. The van der Waals surface area contributed by atoms with Crippen LogP contribution >= 0.6 is 16.3 Å². The number of imidazole rings is 1. The van der Waals surface area contributed by atoms with Crippen molar-refractivity contribution in [3.63, 3.8) is 0 Å². The first-order valence-electron chi connectivity index (χ1n) is 10.4. The fourth-order valence-electron chi connectivity index (χ4n) is 4.57. The summed E-state index contributed by atoms with van der Waals surface area (Å²) < 4.78 is 21.3.